The summed E-state index contributed by atoms with van der Waals surface area (Å²) in [4.78, 5) is 2.67. The van der Waals surface area contributed by atoms with Gasteiger partial charge in [0.15, 0.2) is 0 Å². The predicted molar refractivity (Wildman–Crippen MR) is 54.8 cm³/mol. The highest BCUT2D eigenvalue weighted by Crippen LogP contribution is 2.23. The van der Waals surface area contributed by atoms with Crippen LogP contribution < -0.4 is 5.32 Å². The number of thioether (sulfide) groups is 1. The highest BCUT2D eigenvalue weighted by Gasteiger charge is 2.32. The number of rotatable bonds is 2. The van der Waals surface area contributed by atoms with Crippen molar-refractivity contribution in [3.63, 3.8) is 0 Å². The van der Waals surface area contributed by atoms with Gasteiger partial charge in [-0.1, -0.05) is 0 Å². The number of nitrogens with zero attached hydrogens (tertiary/aromatic N) is 1. The molecule has 0 saturated carbocycles. The van der Waals surface area contributed by atoms with Crippen LogP contribution in [0.5, 0.6) is 0 Å². The molecular weight excluding hydrogens is 168 g/mol. The molecule has 0 aromatic heterocycles. The largest absolute Gasteiger partial charge is 0.314 e. The highest BCUT2D eigenvalue weighted by molar-refractivity contribution is 7.99. The van der Waals surface area contributed by atoms with E-state index in [-0.39, 0.29) is 0 Å². The van der Waals surface area contributed by atoms with Crippen molar-refractivity contribution in [1.82, 2.24) is 10.2 Å². The average Bonchev–Trinajstić information content (AvgIpc) is 2.74. The zero-order valence-corrected chi connectivity index (χ0v) is 8.57. The molecule has 0 aliphatic carbocycles. The maximum absolute atomic E-state index is 3.49. The monoisotopic (exact) mass is 186 g/mol. The van der Waals surface area contributed by atoms with Gasteiger partial charge >= 0.3 is 0 Å². The fourth-order valence-corrected chi connectivity index (χ4v) is 3.19. The summed E-state index contributed by atoms with van der Waals surface area (Å²) in [6.07, 6.45) is 5.07. The van der Waals surface area contributed by atoms with E-state index >= 15 is 0 Å². The molecule has 2 heterocycles. The van der Waals surface area contributed by atoms with Gasteiger partial charge in [-0.25, -0.2) is 0 Å². The first kappa shape index (κ1) is 8.85. The Bertz CT molecular complexity index is 145. The van der Waals surface area contributed by atoms with Gasteiger partial charge in [0.1, 0.15) is 0 Å². The molecule has 2 nitrogen and oxygen atoms in total. The molecule has 0 unspecified atom stereocenters. The van der Waals surface area contributed by atoms with E-state index in [2.05, 4.69) is 16.5 Å². The lowest BCUT2D eigenvalue weighted by molar-refractivity contribution is 0.263. The van der Waals surface area contributed by atoms with E-state index in [1.807, 2.05) is 11.8 Å². The van der Waals surface area contributed by atoms with Crippen molar-refractivity contribution in [2.24, 2.45) is 0 Å². The summed E-state index contributed by atoms with van der Waals surface area (Å²) in [6.45, 7) is 5.10. The smallest absolute Gasteiger partial charge is 0.0351 e. The second kappa shape index (κ2) is 3.99. The molecule has 12 heavy (non-hydrogen) atoms. The van der Waals surface area contributed by atoms with Crippen molar-refractivity contribution in [2.75, 3.05) is 32.4 Å². The highest BCUT2D eigenvalue weighted by atomic mass is 32.2. The second-order valence-electron chi connectivity index (χ2n) is 3.74. The van der Waals surface area contributed by atoms with Crippen LogP contribution in [0.4, 0.5) is 0 Å². The Morgan fingerprint density at radius 1 is 1.25 bits per heavy atom. The molecule has 1 N–H and O–H groups in total. The lowest BCUT2D eigenvalue weighted by atomic mass is 10.2. The van der Waals surface area contributed by atoms with Gasteiger partial charge in [-0.3, -0.25) is 4.90 Å². The van der Waals surface area contributed by atoms with E-state index in [0.717, 1.165) is 11.3 Å². The molecule has 0 aromatic rings. The summed E-state index contributed by atoms with van der Waals surface area (Å²) in [6, 6.07) is 0.822. The third kappa shape index (κ3) is 1.63. The van der Waals surface area contributed by atoms with Gasteiger partial charge in [-0.2, -0.15) is 11.8 Å². The Hall–Kier alpha value is 0.270. The summed E-state index contributed by atoms with van der Waals surface area (Å²) in [5.41, 5.74) is 0. The summed E-state index contributed by atoms with van der Waals surface area (Å²) in [7, 11) is 0. The van der Waals surface area contributed by atoms with E-state index in [9.17, 15) is 0 Å². The Morgan fingerprint density at radius 2 is 2.00 bits per heavy atom. The third-order valence-electron chi connectivity index (χ3n) is 3.04. The van der Waals surface area contributed by atoms with Gasteiger partial charge in [-0.05, 0) is 32.2 Å². The Kier molecular flexibility index (Phi) is 2.94. The second-order valence-corrected chi connectivity index (χ2v) is 4.82. The number of hydrogen-bond donors (Lipinski definition) is 1. The normalized spacial score (nSPS) is 37.8. The molecule has 0 aromatic carbocycles. The van der Waals surface area contributed by atoms with Crippen LogP contribution in [0, 0.1) is 0 Å². The minimum Gasteiger partial charge on any atom is -0.314 e. The molecule has 0 bridgehead atoms. The van der Waals surface area contributed by atoms with Crippen LogP contribution >= 0.6 is 11.8 Å². The summed E-state index contributed by atoms with van der Waals surface area (Å²) in [5.74, 6) is 0. The van der Waals surface area contributed by atoms with Crippen molar-refractivity contribution in [1.29, 1.82) is 0 Å². The van der Waals surface area contributed by atoms with Crippen molar-refractivity contribution in [3.8, 4) is 0 Å². The van der Waals surface area contributed by atoms with E-state index < -0.39 is 0 Å². The van der Waals surface area contributed by atoms with Crippen molar-refractivity contribution in [2.45, 2.75) is 24.1 Å². The molecule has 0 amide bonds. The van der Waals surface area contributed by atoms with Crippen LogP contribution in [0.25, 0.3) is 0 Å². The van der Waals surface area contributed by atoms with E-state index in [0.29, 0.717) is 0 Å². The van der Waals surface area contributed by atoms with E-state index in [4.69, 9.17) is 0 Å². The minimum absolute atomic E-state index is 0.822. The maximum Gasteiger partial charge on any atom is 0.0351 e. The summed E-state index contributed by atoms with van der Waals surface area (Å²) >= 11 is 2.02. The van der Waals surface area contributed by atoms with Gasteiger partial charge < -0.3 is 5.32 Å². The first-order chi connectivity index (χ1) is 5.92. The van der Waals surface area contributed by atoms with E-state index in [1.165, 1.54) is 39.0 Å². The fourth-order valence-electron chi connectivity index (χ4n) is 2.32. The standard InChI is InChI=1S/C9H18N2S/c1-12-9-7-10-6-8(9)11-4-2-3-5-11/h8-10H,2-7H2,1H3/t8-,9-/m1/s1. The number of likely N-dealkylation sites (tertiary alicyclic amines) is 1. The molecule has 0 spiro atoms. The van der Waals surface area contributed by atoms with Gasteiger partial charge in [0.25, 0.3) is 0 Å². The first-order valence-electron chi connectivity index (χ1n) is 4.89. The fraction of sp³-hybridized carbons (Fsp3) is 1.00. The van der Waals surface area contributed by atoms with E-state index in [1.54, 1.807) is 0 Å². The topological polar surface area (TPSA) is 15.3 Å². The Morgan fingerprint density at radius 3 is 2.67 bits per heavy atom. The van der Waals surface area contributed by atoms with Crippen LogP contribution in [-0.4, -0.2) is 48.6 Å². The Balaban J connectivity index is 1.92. The lowest BCUT2D eigenvalue weighted by Crippen LogP contribution is -2.39. The SMILES string of the molecule is CS[C@@H]1CNC[C@H]1N1CCCC1. The Labute approximate surface area is 79.1 Å². The molecule has 0 radical (unpaired) electrons. The van der Waals surface area contributed by atoms with Crippen LogP contribution in [0.1, 0.15) is 12.8 Å². The van der Waals surface area contributed by atoms with Gasteiger partial charge in [0, 0.05) is 24.4 Å². The van der Waals surface area contributed by atoms with Crippen LogP contribution in [0.3, 0.4) is 0 Å². The maximum atomic E-state index is 3.49. The third-order valence-corrected chi connectivity index (χ3v) is 4.13. The molecule has 70 valence electrons. The quantitative estimate of drug-likeness (QED) is 0.686. The summed E-state index contributed by atoms with van der Waals surface area (Å²) < 4.78 is 0. The van der Waals surface area contributed by atoms with Gasteiger partial charge in [0.2, 0.25) is 0 Å². The number of nitrogens with one attached hydrogen (secondary N) is 1. The van der Waals surface area contributed by atoms with Gasteiger partial charge in [-0.15, -0.1) is 0 Å². The van der Waals surface area contributed by atoms with Crippen molar-refractivity contribution >= 4 is 11.8 Å². The summed E-state index contributed by atoms with van der Waals surface area (Å²) in [5, 5.41) is 4.32. The first-order valence-corrected chi connectivity index (χ1v) is 6.18. The molecule has 2 saturated heterocycles. The lowest BCUT2D eigenvalue weighted by Gasteiger charge is -2.26. The molecule has 2 atom stereocenters. The van der Waals surface area contributed by atoms with Crippen LogP contribution in [0.2, 0.25) is 0 Å². The number of hydrogen-bond acceptors (Lipinski definition) is 3. The zero-order chi connectivity index (χ0) is 8.39. The molecule has 3 heteroatoms. The van der Waals surface area contributed by atoms with Crippen LogP contribution in [0.15, 0.2) is 0 Å². The van der Waals surface area contributed by atoms with Crippen molar-refractivity contribution < 1.29 is 0 Å². The average molecular weight is 186 g/mol. The van der Waals surface area contributed by atoms with Gasteiger partial charge in [0.05, 0.1) is 0 Å². The molecule has 2 aliphatic rings. The van der Waals surface area contributed by atoms with Crippen LogP contribution in [-0.2, 0) is 0 Å². The molecule has 2 rings (SSSR count). The minimum atomic E-state index is 0.822. The zero-order valence-electron chi connectivity index (χ0n) is 7.75. The van der Waals surface area contributed by atoms with Crippen molar-refractivity contribution in [3.05, 3.63) is 0 Å². The molecule has 2 fully saturated rings. The molecule has 2 aliphatic heterocycles. The predicted octanol–water partition coefficient (Wildman–Crippen LogP) is 0.786. The molecular formula is C9H18N2S.